The van der Waals surface area contributed by atoms with E-state index in [0.717, 1.165) is 27.8 Å². The fourth-order valence-electron chi connectivity index (χ4n) is 2.78. The second-order valence-corrected chi connectivity index (χ2v) is 9.81. The monoisotopic (exact) mass is 472 g/mol. The molecule has 0 unspecified atom stereocenters. The van der Waals surface area contributed by atoms with Gasteiger partial charge >= 0.3 is 6.18 Å². The molecule has 0 atom stereocenters. The zero-order chi connectivity index (χ0) is 22.6. The van der Waals surface area contributed by atoms with Crippen LogP contribution in [0.15, 0.2) is 58.4 Å². The third-order valence-electron chi connectivity index (χ3n) is 4.39. The Morgan fingerprint density at radius 1 is 1.26 bits per heavy atom. The van der Waals surface area contributed by atoms with Gasteiger partial charge in [-0.1, -0.05) is 6.07 Å². The van der Waals surface area contributed by atoms with E-state index in [4.69, 9.17) is 0 Å². The van der Waals surface area contributed by atoms with Crippen LogP contribution in [-0.4, -0.2) is 42.0 Å². The number of nitrogens with zero attached hydrogens (tertiary/aromatic N) is 3. The van der Waals surface area contributed by atoms with Crippen LogP contribution in [0.3, 0.4) is 0 Å². The molecule has 31 heavy (non-hydrogen) atoms. The molecule has 166 valence electrons. The number of rotatable bonds is 8. The Balaban J connectivity index is 1.67. The molecular formula is C19H19F3N4O3S2. The van der Waals surface area contributed by atoms with Crippen LogP contribution in [0.5, 0.6) is 0 Å². The van der Waals surface area contributed by atoms with Gasteiger partial charge < -0.3 is 5.32 Å². The lowest BCUT2D eigenvalue weighted by atomic mass is 10.1. The lowest BCUT2D eigenvalue weighted by Crippen LogP contribution is -2.28. The van der Waals surface area contributed by atoms with Crippen molar-refractivity contribution in [3.63, 3.8) is 0 Å². The number of carbonyl (C=O) groups is 1. The maximum absolute atomic E-state index is 13.1. The first kappa shape index (κ1) is 23.0. The molecule has 0 aliphatic heterocycles. The minimum Gasteiger partial charge on any atom is -0.324 e. The normalized spacial score (nSPS) is 12.3. The van der Waals surface area contributed by atoms with E-state index in [9.17, 15) is 26.4 Å². The van der Waals surface area contributed by atoms with Crippen molar-refractivity contribution in [3.8, 4) is 5.69 Å². The van der Waals surface area contributed by atoms with Gasteiger partial charge in [0.2, 0.25) is 5.91 Å². The van der Waals surface area contributed by atoms with Crippen molar-refractivity contribution in [2.45, 2.75) is 23.2 Å². The Morgan fingerprint density at radius 2 is 2.03 bits per heavy atom. The highest BCUT2D eigenvalue weighted by Gasteiger charge is 2.31. The summed E-state index contributed by atoms with van der Waals surface area (Å²) in [6.07, 6.45) is -1.43. The number of halogens is 3. The van der Waals surface area contributed by atoms with Crippen molar-refractivity contribution >= 4 is 33.0 Å². The first-order valence-corrected chi connectivity index (χ1v) is 11.4. The summed E-state index contributed by atoms with van der Waals surface area (Å²) in [5.74, 6) is -0.533. The van der Waals surface area contributed by atoms with Gasteiger partial charge in [-0.2, -0.15) is 18.3 Å². The van der Waals surface area contributed by atoms with Gasteiger partial charge in [0.25, 0.3) is 10.0 Å². The maximum Gasteiger partial charge on any atom is 0.416 e. The largest absolute Gasteiger partial charge is 0.416 e. The number of hydrogen-bond donors (Lipinski definition) is 1. The smallest absolute Gasteiger partial charge is 0.324 e. The van der Waals surface area contributed by atoms with Crippen LogP contribution in [0.4, 0.5) is 18.9 Å². The molecule has 0 bridgehead atoms. The summed E-state index contributed by atoms with van der Waals surface area (Å²) in [6.45, 7) is 0.0856. The molecule has 1 aromatic carbocycles. The molecule has 0 radical (unpaired) electrons. The molecule has 3 aromatic rings. The summed E-state index contributed by atoms with van der Waals surface area (Å²) in [5, 5.41) is 8.13. The van der Waals surface area contributed by atoms with Crippen molar-refractivity contribution < 1.29 is 26.4 Å². The lowest BCUT2D eigenvalue weighted by molar-refractivity contribution is -0.137. The first-order valence-electron chi connectivity index (χ1n) is 9.10. The highest BCUT2D eigenvalue weighted by atomic mass is 32.2. The van der Waals surface area contributed by atoms with Crippen LogP contribution in [0.2, 0.25) is 0 Å². The van der Waals surface area contributed by atoms with Crippen molar-refractivity contribution in [2.24, 2.45) is 0 Å². The third kappa shape index (κ3) is 5.51. The summed E-state index contributed by atoms with van der Waals surface area (Å²) in [7, 11) is -2.21. The first-order chi connectivity index (χ1) is 14.6. The summed E-state index contributed by atoms with van der Waals surface area (Å²) in [4.78, 5) is 12.4. The van der Waals surface area contributed by atoms with Crippen LogP contribution in [0.25, 0.3) is 5.69 Å². The van der Waals surface area contributed by atoms with Gasteiger partial charge in [0.15, 0.2) is 0 Å². The minimum absolute atomic E-state index is 0.0388. The molecule has 12 heteroatoms. The van der Waals surface area contributed by atoms with E-state index >= 15 is 0 Å². The molecule has 1 N–H and O–H groups in total. The number of sulfonamides is 1. The zero-order valence-electron chi connectivity index (χ0n) is 16.3. The van der Waals surface area contributed by atoms with Gasteiger partial charge in [0, 0.05) is 32.4 Å². The molecule has 0 aliphatic rings. The molecule has 0 fully saturated rings. The van der Waals surface area contributed by atoms with Gasteiger partial charge in [-0.15, -0.1) is 11.3 Å². The van der Waals surface area contributed by atoms with Crippen molar-refractivity contribution in [2.75, 3.05) is 18.9 Å². The number of amides is 1. The summed E-state index contributed by atoms with van der Waals surface area (Å²) in [6, 6.07) is 7.72. The topological polar surface area (TPSA) is 84.3 Å². The molecule has 0 aliphatic carbocycles. The average molecular weight is 473 g/mol. The summed E-state index contributed by atoms with van der Waals surface area (Å²) >= 11 is 1.09. The molecule has 3 rings (SSSR count). The SMILES string of the molecule is CN(CCCC(=O)Nc1cc(C(F)(F)F)ccc1-n1cccn1)S(=O)(=O)c1cccs1. The van der Waals surface area contributed by atoms with Crippen LogP contribution in [0.1, 0.15) is 18.4 Å². The number of carbonyl (C=O) groups excluding carboxylic acids is 1. The van der Waals surface area contributed by atoms with Gasteiger partial charge in [0.05, 0.1) is 16.9 Å². The second kappa shape index (κ2) is 9.20. The van der Waals surface area contributed by atoms with Crippen LogP contribution < -0.4 is 5.32 Å². The van der Waals surface area contributed by atoms with Crippen LogP contribution in [0, 0.1) is 0 Å². The number of alkyl halides is 3. The van der Waals surface area contributed by atoms with E-state index in [-0.39, 0.29) is 35.0 Å². The number of thiophene rings is 1. The number of nitrogens with one attached hydrogen (secondary N) is 1. The Bertz CT molecular complexity index is 1130. The second-order valence-electron chi connectivity index (χ2n) is 6.59. The fraction of sp³-hybridized carbons (Fsp3) is 0.263. The molecule has 0 saturated heterocycles. The summed E-state index contributed by atoms with van der Waals surface area (Å²) in [5.41, 5.74) is -0.660. The van der Waals surface area contributed by atoms with E-state index in [1.807, 2.05) is 0 Å². The Morgan fingerprint density at radius 3 is 2.65 bits per heavy atom. The maximum atomic E-state index is 13.1. The zero-order valence-corrected chi connectivity index (χ0v) is 18.0. The van der Waals surface area contributed by atoms with E-state index in [1.54, 1.807) is 23.7 Å². The highest BCUT2D eigenvalue weighted by Crippen LogP contribution is 2.33. The Kier molecular flexibility index (Phi) is 6.82. The molecule has 2 aromatic heterocycles. The van der Waals surface area contributed by atoms with Gasteiger partial charge in [0.1, 0.15) is 4.21 Å². The lowest BCUT2D eigenvalue weighted by Gasteiger charge is -2.17. The predicted molar refractivity (Wildman–Crippen MR) is 111 cm³/mol. The standard InChI is InChI=1S/C19H19F3N4O3S2/c1-25(31(28,29)18-6-3-12-30-18)10-2-5-17(27)24-15-13-14(19(20,21)22)7-8-16(15)26-11-4-9-23-26/h3-4,6-9,11-13H,2,5,10H2,1H3,(H,24,27). The number of aromatic nitrogens is 2. The fourth-order valence-corrected chi connectivity index (χ4v) is 5.19. The molecular weight excluding hydrogens is 453 g/mol. The van der Waals surface area contributed by atoms with Gasteiger partial charge in [-0.05, 0) is 42.1 Å². The van der Waals surface area contributed by atoms with Crippen LogP contribution in [-0.2, 0) is 21.0 Å². The highest BCUT2D eigenvalue weighted by molar-refractivity contribution is 7.91. The van der Waals surface area contributed by atoms with Gasteiger partial charge in [-0.3, -0.25) is 4.79 Å². The van der Waals surface area contributed by atoms with Crippen LogP contribution >= 0.6 is 11.3 Å². The van der Waals surface area contributed by atoms with Crippen molar-refractivity contribution in [1.29, 1.82) is 0 Å². The van der Waals surface area contributed by atoms with E-state index < -0.39 is 27.7 Å². The Hall–Kier alpha value is -2.70. The van der Waals surface area contributed by atoms with E-state index in [0.29, 0.717) is 0 Å². The Labute approximate surface area is 181 Å². The molecule has 2 heterocycles. The summed E-state index contributed by atoms with van der Waals surface area (Å²) < 4.78 is 66.8. The number of hydrogen-bond acceptors (Lipinski definition) is 5. The van der Waals surface area contributed by atoms with E-state index in [2.05, 4.69) is 10.4 Å². The van der Waals surface area contributed by atoms with E-state index in [1.165, 1.54) is 30.1 Å². The molecule has 0 saturated carbocycles. The molecule has 0 spiro atoms. The quantitative estimate of drug-likeness (QED) is 0.537. The van der Waals surface area contributed by atoms with Crippen molar-refractivity contribution in [1.82, 2.24) is 14.1 Å². The van der Waals surface area contributed by atoms with Gasteiger partial charge in [-0.25, -0.2) is 17.4 Å². The predicted octanol–water partition coefficient (Wildman–Crippen LogP) is 3.99. The molecule has 7 nitrogen and oxygen atoms in total. The van der Waals surface area contributed by atoms with Crippen molar-refractivity contribution in [3.05, 3.63) is 59.7 Å². The third-order valence-corrected chi connectivity index (χ3v) is 7.62. The minimum atomic E-state index is -4.57. The number of anilines is 1. The number of benzene rings is 1. The average Bonchev–Trinajstić information content (AvgIpc) is 3.41. The molecule has 1 amide bonds.